The van der Waals surface area contributed by atoms with Crippen LogP contribution in [0.25, 0.3) is 11.5 Å². The molecule has 0 aliphatic carbocycles. The van der Waals surface area contributed by atoms with E-state index in [1.54, 1.807) is 32.0 Å². The first-order valence-electron chi connectivity index (χ1n) is 5.63. The van der Waals surface area contributed by atoms with Crippen molar-refractivity contribution in [3.63, 3.8) is 0 Å². The molecule has 100 valence electrons. The third-order valence-corrected chi connectivity index (χ3v) is 3.34. The summed E-state index contributed by atoms with van der Waals surface area (Å²) in [6, 6.07) is 5.25. The molecule has 0 amide bonds. The Morgan fingerprint density at radius 2 is 2.26 bits per heavy atom. The summed E-state index contributed by atoms with van der Waals surface area (Å²) in [5, 5.41) is 0.562. The lowest BCUT2D eigenvalue weighted by Crippen LogP contribution is -2.04. The first-order valence-corrected chi connectivity index (χ1v) is 6.80. The van der Waals surface area contributed by atoms with Crippen molar-refractivity contribution in [2.24, 2.45) is 0 Å². The number of oxazole rings is 1. The Bertz CT molecular complexity index is 624. The SMILES string of the molecule is CCOC(=O)c1oc(-c2cc(Cl)ccc2Br)nc1C. The van der Waals surface area contributed by atoms with Crippen LogP contribution in [0.2, 0.25) is 5.02 Å². The van der Waals surface area contributed by atoms with E-state index in [0.717, 1.165) is 4.47 Å². The fourth-order valence-corrected chi connectivity index (χ4v) is 2.15. The molecule has 0 spiro atoms. The standard InChI is InChI=1S/C13H11BrClNO3/c1-3-18-13(17)11-7(2)16-12(19-11)9-6-8(15)4-5-10(9)14/h4-6H,3H2,1-2H3. The zero-order valence-electron chi connectivity index (χ0n) is 10.4. The Morgan fingerprint density at radius 3 is 2.95 bits per heavy atom. The molecule has 2 rings (SSSR count). The number of hydrogen-bond acceptors (Lipinski definition) is 4. The van der Waals surface area contributed by atoms with E-state index in [-0.39, 0.29) is 12.4 Å². The second kappa shape index (κ2) is 5.75. The van der Waals surface area contributed by atoms with Crippen LogP contribution in [-0.2, 0) is 4.74 Å². The highest BCUT2D eigenvalue weighted by atomic mass is 79.9. The highest BCUT2D eigenvalue weighted by Gasteiger charge is 2.20. The number of nitrogens with zero attached hydrogens (tertiary/aromatic N) is 1. The van der Waals surface area contributed by atoms with Crippen LogP contribution in [0.4, 0.5) is 0 Å². The molecule has 6 heteroatoms. The van der Waals surface area contributed by atoms with Crippen LogP contribution in [0.1, 0.15) is 23.2 Å². The summed E-state index contributed by atoms with van der Waals surface area (Å²) in [6.45, 7) is 3.71. The van der Waals surface area contributed by atoms with Gasteiger partial charge < -0.3 is 9.15 Å². The fourth-order valence-electron chi connectivity index (χ4n) is 1.56. The van der Waals surface area contributed by atoms with Gasteiger partial charge in [0.15, 0.2) is 0 Å². The zero-order valence-corrected chi connectivity index (χ0v) is 12.7. The monoisotopic (exact) mass is 343 g/mol. The van der Waals surface area contributed by atoms with Crippen molar-refractivity contribution < 1.29 is 13.9 Å². The van der Waals surface area contributed by atoms with Crippen LogP contribution >= 0.6 is 27.5 Å². The van der Waals surface area contributed by atoms with E-state index in [0.29, 0.717) is 22.2 Å². The van der Waals surface area contributed by atoms with Gasteiger partial charge in [0, 0.05) is 9.50 Å². The van der Waals surface area contributed by atoms with Gasteiger partial charge in [-0.05, 0) is 48.0 Å². The Labute approximate surface area is 123 Å². The molecule has 1 aromatic heterocycles. The van der Waals surface area contributed by atoms with Gasteiger partial charge in [-0.25, -0.2) is 9.78 Å². The lowest BCUT2D eigenvalue weighted by atomic mass is 10.2. The second-order valence-corrected chi connectivity index (χ2v) is 5.07. The van der Waals surface area contributed by atoms with E-state index in [1.165, 1.54) is 0 Å². The van der Waals surface area contributed by atoms with Crippen molar-refractivity contribution in [3.8, 4) is 11.5 Å². The van der Waals surface area contributed by atoms with Gasteiger partial charge in [0.2, 0.25) is 11.7 Å². The maximum Gasteiger partial charge on any atom is 0.376 e. The molecule has 0 aliphatic heterocycles. The molecular weight excluding hydrogens is 334 g/mol. The first-order chi connectivity index (χ1) is 9.02. The molecule has 0 N–H and O–H groups in total. The predicted molar refractivity (Wildman–Crippen MR) is 75.3 cm³/mol. The van der Waals surface area contributed by atoms with Gasteiger partial charge in [0.25, 0.3) is 0 Å². The number of ether oxygens (including phenoxy) is 1. The van der Waals surface area contributed by atoms with Crippen LogP contribution in [0.15, 0.2) is 27.1 Å². The molecule has 0 saturated heterocycles. The summed E-state index contributed by atoms with van der Waals surface area (Å²) < 4.78 is 11.2. The molecule has 1 heterocycles. The summed E-state index contributed by atoms with van der Waals surface area (Å²) in [4.78, 5) is 15.9. The largest absolute Gasteiger partial charge is 0.460 e. The average molecular weight is 345 g/mol. The van der Waals surface area contributed by atoms with E-state index >= 15 is 0 Å². The predicted octanol–water partition coefficient (Wildman–Crippen LogP) is 4.24. The van der Waals surface area contributed by atoms with Crippen LogP contribution in [-0.4, -0.2) is 17.6 Å². The van der Waals surface area contributed by atoms with E-state index in [2.05, 4.69) is 20.9 Å². The first kappa shape index (κ1) is 14.1. The highest BCUT2D eigenvalue weighted by molar-refractivity contribution is 9.10. The summed E-state index contributed by atoms with van der Waals surface area (Å²) >= 11 is 9.34. The van der Waals surface area contributed by atoms with Crippen LogP contribution in [0.3, 0.4) is 0 Å². The molecule has 0 atom stereocenters. The van der Waals surface area contributed by atoms with E-state index in [4.69, 9.17) is 20.8 Å². The van der Waals surface area contributed by atoms with Gasteiger partial charge in [-0.3, -0.25) is 0 Å². The summed E-state index contributed by atoms with van der Waals surface area (Å²) in [6.07, 6.45) is 0. The van der Waals surface area contributed by atoms with E-state index < -0.39 is 5.97 Å². The number of hydrogen-bond donors (Lipinski definition) is 0. The Balaban J connectivity index is 2.44. The number of halogens is 2. The zero-order chi connectivity index (χ0) is 14.0. The minimum Gasteiger partial charge on any atom is -0.460 e. The molecule has 2 aromatic rings. The smallest absolute Gasteiger partial charge is 0.376 e. The lowest BCUT2D eigenvalue weighted by molar-refractivity contribution is 0.0490. The van der Waals surface area contributed by atoms with Crippen molar-refractivity contribution in [2.45, 2.75) is 13.8 Å². The van der Waals surface area contributed by atoms with E-state index in [9.17, 15) is 4.79 Å². The Morgan fingerprint density at radius 1 is 1.53 bits per heavy atom. The molecule has 1 aromatic carbocycles. The summed E-state index contributed by atoms with van der Waals surface area (Å²) in [5.74, 6) is -0.0736. The topological polar surface area (TPSA) is 52.3 Å². The van der Waals surface area contributed by atoms with Crippen molar-refractivity contribution in [3.05, 3.63) is 39.1 Å². The molecule has 0 fully saturated rings. The molecule has 0 unspecified atom stereocenters. The van der Waals surface area contributed by atoms with Gasteiger partial charge in [-0.15, -0.1) is 0 Å². The normalized spacial score (nSPS) is 10.5. The maximum atomic E-state index is 11.7. The number of rotatable bonds is 3. The number of aryl methyl sites for hydroxylation is 1. The van der Waals surface area contributed by atoms with E-state index in [1.807, 2.05) is 0 Å². The molecule has 19 heavy (non-hydrogen) atoms. The second-order valence-electron chi connectivity index (χ2n) is 3.78. The van der Waals surface area contributed by atoms with Gasteiger partial charge in [0.05, 0.1) is 17.9 Å². The van der Waals surface area contributed by atoms with Crippen molar-refractivity contribution in [1.82, 2.24) is 4.98 Å². The molecule has 0 saturated carbocycles. The van der Waals surface area contributed by atoms with Crippen LogP contribution in [0.5, 0.6) is 0 Å². The van der Waals surface area contributed by atoms with Gasteiger partial charge in [-0.2, -0.15) is 0 Å². The van der Waals surface area contributed by atoms with Crippen molar-refractivity contribution in [1.29, 1.82) is 0 Å². The number of carbonyl (C=O) groups excluding carboxylic acids is 1. The minimum absolute atomic E-state index is 0.115. The minimum atomic E-state index is -0.517. The summed E-state index contributed by atoms with van der Waals surface area (Å²) in [7, 11) is 0. The molecule has 0 aliphatic rings. The Kier molecular flexibility index (Phi) is 4.27. The molecular formula is C13H11BrClNO3. The van der Waals surface area contributed by atoms with Gasteiger partial charge in [0.1, 0.15) is 0 Å². The number of carbonyl (C=O) groups is 1. The van der Waals surface area contributed by atoms with Crippen molar-refractivity contribution >= 4 is 33.5 Å². The number of benzene rings is 1. The third kappa shape index (κ3) is 2.98. The highest BCUT2D eigenvalue weighted by Crippen LogP contribution is 2.31. The third-order valence-electron chi connectivity index (χ3n) is 2.42. The summed E-state index contributed by atoms with van der Waals surface area (Å²) in [5.41, 5.74) is 1.17. The molecule has 0 bridgehead atoms. The van der Waals surface area contributed by atoms with Crippen molar-refractivity contribution in [2.75, 3.05) is 6.61 Å². The average Bonchev–Trinajstić information content (AvgIpc) is 2.74. The van der Waals surface area contributed by atoms with Gasteiger partial charge >= 0.3 is 5.97 Å². The maximum absolute atomic E-state index is 11.7. The molecule has 4 nitrogen and oxygen atoms in total. The van der Waals surface area contributed by atoms with Gasteiger partial charge in [-0.1, -0.05) is 11.6 Å². The quantitative estimate of drug-likeness (QED) is 0.781. The van der Waals surface area contributed by atoms with Crippen LogP contribution in [0, 0.1) is 6.92 Å². The lowest BCUT2D eigenvalue weighted by Gasteiger charge is -2.00. The molecule has 0 radical (unpaired) electrons. The fraction of sp³-hybridized carbons (Fsp3) is 0.231. The number of aromatic nitrogens is 1. The Hall–Kier alpha value is -1.33. The number of esters is 1. The van der Waals surface area contributed by atoms with Crippen LogP contribution < -0.4 is 0 Å².